The number of amides is 1. The summed E-state index contributed by atoms with van der Waals surface area (Å²) in [6.07, 6.45) is 0. The lowest BCUT2D eigenvalue weighted by molar-refractivity contribution is 0.0995. The van der Waals surface area contributed by atoms with Gasteiger partial charge in [-0.25, -0.2) is 4.39 Å². The van der Waals surface area contributed by atoms with E-state index in [0.29, 0.717) is 0 Å². The Morgan fingerprint density at radius 3 is 2.64 bits per heavy atom. The van der Waals surface area contributed by atoms with Gasteiger partial charge in [0, 0.05) is 0 Å². The lowest BCUT2D eigenvalue weighted by atomic mass is 10.2. The highest BCUT2D eigenvalue weighted by Gasteiger charge is 2.17. The van der Waals surface area contributed by atoms with Gasteiger partial charge in [0.15, 0.2) is 11.6 Å². The number of carbonyl (C=O) groups is 1. The highest BCUT2D eigenvalue weighted by Crippen LogP contribution is 2.24. The van der Waals surface area contributed by atoms with Crippen LogP contribution in [0.4, 0.5) is 8.78 Å². The van der Waals surface area contributed by atoms with Crippen molar-refractivity contribution >= 4 is 5.91 Å². The molecule has 1 aromatic carbocycles. The van der Waals surface area contributed by atoms with Gasteiger partial charge >= 0.3 is 0 Å². The summed E-state index contributed by atoms with van der Waals surface area (Å²) in [5.41, 5.74) is 4.79. The Morgan fingerprint density at radius 2 is 2.14 bits per heavy atom. The molecule has 14 heavy (non-hydrogen) atoms. The normalized spacial score (nSPS) is 9.93. The molecule has 0 atom stereocenters. The SMILES string of the molecule is CCOc1c(C(N)=O)ccc(F)c1F. The standard InChI is InChI=1S/C9H9F2NO2/c1-2-14-8-5(9(12)13)3-4-6(10)7(8)11/h3-4H,2H2,1H3,(H2,12,13). The molecule has 0 aliphatic rings. The third-order valence-corrected chi connectivity index (χ3v) is 1.60. The van der Waals surface area contributed by atoms with E-state index in [0.717, 1.165) is 12.1 Å². The van der Waals surface area contributed by atoms with Crippen molar-refractivity contribution in [3.8, 4) is 5.75 Å². The third-order valence-electron chi connectivity index (χ3n) is 1.60. The van der Waals surface area contributed by atoms with E-state index in [4.69, 9.17) is 10.5 Å². The first kappa shape index (κ1) is 10.4. The molecule has 3 nitrogen and oxygen atoms in total. The van der Waals surface area contributed by atoms with E-state index >= 15 is 0 Å². The summed E-state index contributed by atoms with van der Waals surface area (Å²) < 4.78 is 30.6. The number of halogens is 2. The summed E-state index contributed by atoms with van der Waals surface area (Å²) in [6, 6.07) is 1.92. The Bertz CT molecular complexity index is 366. The van der Waals surface area contributed by atoms with Crippen LogP contribution >= 0.6 is 0 Å². The van der Waals surface area contributed by atoms with Crippen LogP contribution in [0.15, 0.2) is 12.1 Å². The predicted octanol–water partition coefficient (Wildman–Crippen LogP) is 1.46. The molecule has 0 bridgehead atoms. The van der Waals surface area contributed by atoms with Crippen molar-refractivity contribution in [1.82, 2.24) is 0 Å². The number of ether oxygens (including phenoxy) is 1. The van der Waals surface area contributed by atoms with Crippen molar-refractivity contribution in [2.75, 3.05) is 6.61 Å². The predicted molar refractivity (Wildman–Crippen MR) is 46.0 cm³/mol. The van der Waals surface area contributed by atoms with Gasteiger partial charge in [-0.1, -0.05) is 0 Å². The second-order valence-corrected chi connectivity index (χ2v) is 2.54. The van der Waals surface area contributed by atoms with E-state index < -0.39 is 23.3 Å². The molecule has 0 fully saturated rings. The van der Waals surface area contributed by atoms with Gasteiger partial charge in [0.25, 0.3) is 5.91 Å². The van der Waals surface area contributed by atoms with E-state index in [1.54, 1.807) is 6.92 Å². The average Bonchev–Trinajstić information content (AvgIpc) is 2.13. The number of rotatable bonds is 3. The van der Waals surface area contributed by atoms with E-state index in [9.17, 15) is 13.6 Å². The van der Waals surface area contributed by atoms with Crippen LogP contribution in [-0.4, -0.2) is 12.5 Å². The van der Waals surface area contributed by atoms with Crippen LogP contribution in [0.2, 0.25) is 0 Å². The number of benzene rings is 1. The van der Waals surface area contributed by atoms with E-state index in [1.165, 1.54) is 0 Å². The minimum atomic E-state index is -1.19. The molecule has 0 saturated carbocycles. The number of primary amides is 1. The number of hydrogen-bond acceptors (Lipinski definition) is 2. The van der Waals surface area contributed by atoms with Crippen molar-refractivity contribution in [1.29, 1.82) is 0 Å². The lowest BCUT2D eigenvalue weighted by Gasteiger charge is -2.08. The van der Waals surface area contributed by atoms with Crippen LogP contribution < -0.4 is 10.5 Å². The van der Waals surface area contributed by atoms with Gasteiger partial charge in [0.2, 0.25) is 5.82 Å². The fraction of sp³-hybridized carbons (Fsp3) is 0.222. The van der Waals surface area contributed by atoms with Gasteiger partial charge in [0.05, 0.1) is 12.2 Å². The number of hydrogen-bond donors (Lipinski definition) is 1. The largest absolute Gasteiger partial charge is 0.490 e. The molecular weight excluding hydrogens is 192 g/mol. The van der Waals surface area contributed by atoms with Crippen LogP contribution in [0.25, 0.3) is 0 Å². The molecule has 1 aromatic rings. The third kappa shape index (κ3) is 1.81. The van der Waals surface area contributed by atoms with Crippen LogP contribution in [0.5, 0.6) is 5.75 Å². The molecule has 0 saturated heterocycles. The van der Waals surface area contributed by atoms with Crippen LogP contribution in [0.3, 0.4) is 0 Å². The van der Waals surface area contributed by atoms with E-state index in [2.05, 4.69) is 0 Å². The van der Waals surface area contributed by atoms with Gasteiger partial charge in [-0.2, -0.15) is 4.39 Å². The number of carbonyl (C=O) groups excluding carboxylic acids is 1. The molecule has 5 heteroatoms. The fourth-order valence-corrected chi connectivity index (χ4v) is 1.01. The molecular formula is C9H9F2NO2. The monoisotopic (exact) mass is 201 g/mol. The van der Waals surface area contributed by atoms with Crippen molar-refractivity contribution in [2.24, 2.45) is 5.73 Å². The quantitative estimate of drug-likeness (QED) is 0.804. The molecule has 0 aliphatic carbocycles. The Kier molecular flexibility index (Phi) is 3.01. The summed E-state index contributed by atoms with van der Waals surface area (Å²) in [6.45, 7) is 1.72. The Labute approximate surface area is 79.5 Å². The van der Waals surface area contributed by atoms with Crippen molar-refractivity contribution < 1.29 is 18.3 Å². The zero-order chi connectivity index (χ0) is 10.7. The van der Waals surface area contributed by atoms with Gasteiger partial charge in [-0.3, -0.25) is 4.79 Å². The van der Waals surface area contributed by atoms with Crippen molar-refractivity contribution in [3.63, 3.8) is 0 Å². The molecule has 1 amide bonds. The van der Waals surface area contributed by atoms with E-state index in [-0.39, 0.29) is 12.2 Å². The Hall–Kier alpha value is -1.65. The number of nitrogens with two attached hydrogens (primary N) is 1. The molecule has 0 heterocycles. The van der Waals surface area contributed by atoms with E-state index in [1.807, 2.05) is 0 Å². The lowest BCUT2D eigenvalue weighted by Crippen LogP contribution is -2.14. The average molecular weight is 201 g/mol. The van der Waals surface area contributed by atoms with Gasteiger partial charge in [-0.15, -0.1) is 0 Å². The van der Waals surface area contributed by atoms with Gasteiger partial charge in [0.1, 0.15) is 0 Å². The second-order valence-electron chi connectivity index (χ2n) is 2.54. The van der Waals surface area contributed by atoms with Crippen molar-refractivity contribution in [3.05, 3.63) is 29.3 Å². The first-order valence-electron chi connectivity index (χ1n) is 3.98. The van der Waals surface area contributed by atoms with Crippen molar-refractivity contribution in [2.45, 2.75) is 6.92 Å². The molecule has 0 unspecified atom stereocenters. The van der Waals surface area contributed by atoms with Gasteiger partial charge in [-0.05, 0) is 19.1 Å². The molecule has 0 aliphatic heterocycles. The molecule has 2 N–H and O–H groups in total. The summed E-state index contributed by atoms with van der Waals surface area (Å²) in [5.74, 6) is -3.55. The summed E-state index contributed by atoms with van der Waals surface area (Å²) >= 11 is 0. The molecule has 0 radical (unpaired) electrons. The smallest absolute Gasteiger partial charge is 0.252 e. The summed E-state index contributed by atoms with van der Waals surface area (Å²) in [7, 11) is 0. The highest BCUT2D eigenvalue weighted by atomic mass is 19.2. The maximum Gasteiger partial charge on any atom is 0.252 e. The topological polar surface area (TPSA) is 52.3 Å². The summed E-state index contributed by atoms with van der Waals surface area (Å²) in [5, 5.41) is 0. The van der Waals surface area contributed by atoms with Crippen LogP contribution in [-0.2, 0) is 0 Å². The van der Waals surface area contributed by atoms with Crippen LogP contribution in [0.1, 0.15) is 17.3 Å². The molecule has 0 aromatic heterocycles. The van der Waals surface area contributed by atoms with Gasteiger partial charge < -0.3 is 10.5 Å². The fourth-order valence-electron chi connectivity index (χ4n) is 1.01. The highest BCUT2D eigenvalue weighted by molar-refractivity contribution is 5.95. The maximum atomic E-state index is 13.1. The second kappa shape index (κ2) is 4.04. The first-order valence-corrected chi connectivity index (χ1v) is 3.98. The summed E-state index contributed by atoms with van der Waals surface area (Å²) in [4.78, 5) is 10.8. The minimum Gasteiger partial charge on any atom is -0.490 e. The Morgan fingerprint density at radius 1 is 1.50 bits per heavy atom. The molecule has 1 rings (SSSR count). The maximum absolute atomic E-state index is 13.1. The zero-order valence-electron chi connectivity index (χ0n) is 7.51. The first-order chi connectivity index (χ1) is 6.57. The zero-order valence-corrected chi connectivity index (χ0v) is 7.51. The molecule has 76 valence electrons. The molecule has 0 spiro atoms. The Balaban J connectivity index is 3.29. The minimum absolute atomic E-state index is 0.126. The van der Waals surface area contributed by atoms with Crippen LogP contribution in [0, 0.1) is 11.6 Å².